The molecule has 0 aliphatic heterocycles. The lowest BCUT2D eigenvalue weighted by Crippen LogP contribution is -2.18. The van der Waals surface area contributed by atoms with E-state index in [2.05, 4.69) is 36.7 Å². The molecule has 0 saturated heterocycles. The fourth-order valence-electron chi connectivity index (χ4n) is 2.22. The number of benzene rings is 2. The van der Waals surface area contributed by atoms with E-state index in [0.717, 1.165) is 6.42 Å². The maximum absolute atomic E-state index is 11.9. The minimum Gasteiger partial charge on any atom is -0.482 e. The van der Waals surface area contributed by atoms with Gasteiger partial charge in [-0.1, -0.05) is 32.9 Å². The third kappa shape index (κ3) is 5.08. The Kier molecular flexibility index (Phi) is 6.42. The molecule has 2 rings (SSSR count). The smallest absolute Gasteiger partial charge is 0.349 e. The van der Waals surface area contributed by atoms with Crippen LogP contribution in [0.5, 0.6) is 11.5 Å². The molecule has 0 bridgehead atoms. The molecule has 0 aromatic heterocycles. The van der Waals surface area contributed by atoms with Gasteiger partial charge in [0.15, 0.2) is 6.61 Å². The molecule has 26 heavy (non-hydrogen) atoms. The summed E-state index contributed by atoms with van der Waals surface area (Å²) in [6.45, 7) is 6.24. The predicted molar refractivity (Wildman–Crippen MR) is 102 cm³/mol. The standard InChI is InChI=1S/C20H21BrO5/c1-4-20(2,3)14-6-8-15(9-7-14)25-12-18(22)26-17-10-5-13(19(23)24)11-16(17)21/h5-11H,4,12H2,1-3H3,(H,23,24). The number of hydrogen-bond donors (Lipinski definition) is 1. The number of carbonyl (C=O) groups excluding carboxylic acids is 1. The summed E-state index contributed by atoms with van der Waals surface area (Å²) >= 11 is 3.19. The number of halogens is 1. The molecule has 6 heteroatoms. The minimum absolute atomic E-state index is 0.0891. The normalized spacial score (nSPS) is 11.1. The lowest BCUT2D eigenvalue weighted by Gasteiger charge is -2.23. The molecular formula is C20H21BrO5. The molecule has 1 N–H and O–H groups in total. The zero-order chi connectivity index (χ0) is 19.3. The van der Waals surface area contributed by atoms with Gasteiger partial charge in [0.25, 0.3) is 0 Å². The van der Waals surface area contributed by atoms with Crippen LogP contribution in [0.1, 0.15) is 43.1 Å². The molecule has 2 aromatic rings. The average Bonchev–Trinajstić information content (AvgIpc) is 2.62. The number of carboxylic acid groups (broad SMARTS) is 1. The molecule has 138 valence electrons. The molecule has 0 spiro atoms. The van der Waals surface area contributed by atoms with Crippen LogP contribution < -0.4 is 9.47 Å². The number of aromatic carboxylic acids is 1. The van der Waals surface area contributed by atoms with Crippen molar-refractivity contribution in [2.45, 2.75) is 32.6 Å². The summed E-state index contributed by atoms with van der Waals surface area (Å²) in [6.07, 6.45) is 1.02. The highest BCUT2D eigenvalue weighted by molar-refractivity contribution is 9.10. The Bertz CT molecular complexity index is 796. The van der Waals surface area contributed by atoms with Crippen LogP contribution in [0.4, 0.5) is 0 Å². The second-order valence-electron chi connectivity index (χ2n) is 6.47. The number of ether oxygens (including phenoxy) is 2. The number of esters is 1. The number of carboxylic acids is 1. The van der Waals surface area contributed by atoms with Crippen LogP contribution in [0.2, 0.25) is 0 Å². The van der Waals surface area contributed by atoms with E-state index in [1.165, 1.54) is 23.8 Å². The van der Waals surface area contributed by atoms with Gasteiger partial charge in [-0.05, 0) is 63.7 Å². The van der Waals surface area contributed by atoms with Gasteiger partial charge in [-0.2, -0.15) is 0 Å². The average molecular weight is 421 g/mol. The first kappa shape index (κ1) is 20.0. The van der Waals surface area contributed by atoms with Crippen LogP contribution >= 0.6 is 15.9 Å². The van der Waals surface area contributed by atoms with Crippen molar-refractivity contribution in [2.24, 2.45) is 0 Å². The van der Waals surface area contributed by atoms with E-state index in [0.29, 0.717) is 10.2 Å². The highest BCUT2D eigenvalue weighted by Crippen LogP contribution is 2.28. The van der Waals surface area contributed by atoms with Crippen LogP contribution in [0, 0.1) is 0 Å². The van der Waals surface area contributed by atoms with E-state index < -0.39 is 11.9 Å². The number of rotatable bonds is 7. The quantitative estimate of drug-likeness (QED) is 0.513. The summed E-state index contributed by atoms with van der Waals surface area (Å²) in [4.78, 5) is 22.8. The van der Waals surface area contributed by atoms with Crippen molar-refractivity contribution in [1.82, 2.24) is 0 Å². The van der Waals surface area contributed by atoms with E-state index in [-0.39, 0.29) is 23.3 Å². The molecule has 0 radical (unpaired) electrons. The first-order valence-corrected chi connectivity index (χ1v) is 8.99. The molecule has 5 nitrogen and oxygen atoms in total. The van der Waals surface area contributed by atoms with Gasteiger partial charge in [-0.15, -0.1) is 0 Å². The van der Waals surface area contributed by atoms with Gasteiger partial charge in [-0.25, -0.2) is 9.59 Å². The van der Waals surface area contributed by atoms with Crippen LogP contribution in [0.3, 0.4) is 0 Å². The molecule has 2 aromatic carbocycles. The van der Waals surface area contributed by atoms with Crippen molar-refractivity contribution in [3.63, 3.8) is 0 Å². The van der Waals surface area contributed by atoms with Gasteiger partial charge in [0.05, 0.1) is 10.0 Å². The molecule has 0 saturated carbocycles. The summed E-state index contributed by atoms with van der Waals surface area (Å²) in [5.41, 5.74) is 1.40. The Balaban J connectivity index is 1.94. The van der Waals surface area contributed by atoms with Crippen molar-refractivity contribution in [2.75, 3.05) is 6.61 Å². The van der Waals surface area contributed by atoms with Crippen molar-refractivity contribution in [3.05, 3.63) is 58.1 Å². The maximum atomic E-state index is 11.9. The monoisotopic (exact) mass is 420 g/mol. The van der Waals surface area contributed by atoms with Gasteiger partial charge < -0.3 is 14.6 Å². The Morgan fingerprint density at radius 2 is 1.77 bits per heavy atom. The van der Waals surface area contributed by atoms with Gasteiger partial charge in [-0.3, -0.25) is 0 Å². The fourth-order valence-corrected chi connectivity index (χ4v) is 2.68. The van der Waals surface area contributed by atoms with Crippen molar-refractivity contribution < 1.29 is 24.2 Å². The molecule has 0 fully saturated rings. The van der Waals surface area contributed by atoms with Crippen LogP contribution in [0.25, 0.3) is 0 Å². The van der Waals surface area contributed by atoms with Crippen LogP contribution in [0.15, 0.2) is 46.9 Å². The largest absolute Gasteiger partial charge is 0.482 e. The summed E-state index contributed by atoms with van der Waals surface area (Å²) < 4.78 is 11.0. The lowest BCUT2D eigenvalue weighted by molar-refractivity contribution is -0.136. The molecular weight excluding hydrogens is 400 g/mol. The minimum atomic E-state index is -1.05. The van der Waals surface area contributed by atoms with E-state index in [4.69, 9.17) is 14.6 Å². The summed E-state index contributed by atoms with van der Waals surface area (Å²) in [7, 11) is 0. The number of hydrogen-bond acceptors (Lipinski definition) is 4. The molecule has 0 amide bonds. The fraction of sp³-hybridized carbons (Fsp3) is 0.300. The second kappa shape index (κ2) is 8.36. The van der Waals surface area contributed by atoms with Crippen molar-refractivity contribution in [1.29, 1.82) is 0 Å². The van der Waals surface area contributed by atoms with Gasteiger partial charge in [0.1, 0.15) is 11.5 Å². The van der Waals surface area contributed by atoms with Gasteiger partial charge >= 0.3 is 11.9 Å². The second-order valence-corrected chi connectivity index (χ2v) is 7.33. The molecule has 0 aliphatic carbocycles. The Hall–Kier alpha value is -2.34. The van der Waals surface area contributed by atoms with E-state index in [1.807, 2.05) is 24.3 Å². The molecule has 0 heterocycles. The van der Waals surface area contributed by atoms with Crippen molar-refractivity contribution >= 4 is 27.9 Å². The van der Waals surface area contributed by atoms with Gasteiger partial charge in [0, 0.05) is 0 Å². The highest BCUT2D eigenvalue weighted by atomic mass is 79.9. The predicted octanol–water partition coefficient (Wildman–Crippen LogP) is 4.82. The highest BCUT2D eigenvalue weighted by Gasteiger charge is 2.18. The summed E-state index contributed by atoms with van der Waals surface area (Å²) in [5, 5.41) is 8.93. The first-order valence-electron chi connectivity index (χ1n) is 8.20. The molecule has 0 unspecified atom stereocenters. The van der Waals surface area contributed by atoms with Crippen LogP contribution in [-0.2, 0) is 10.2 Å². The third-order valence-corrected chi connectivity index (χ3v) is 4.90. The zero-order valence-electron chi connectivity index (χ0n) is 14.9. The van der Waals surface area contributed by atoms with Crippen molar-refractivity contribution in [3.8, 4) is 11.5 Å². The maximum Gasteiger partial charge on any atom is 0.349 e. The van der Waals surface area contributed by atoms with Gasteiger partial charge in [0.2, 0.25) is 0 Å². The molecule has 0 aliphatic rings. The summed E-state index contributed by atoms with van der Waals surface area (Å²) in [6, 6.07) is 11.8. The summed E-state index contributed by atoms with van der Waals surface area (Å²) in [5.74, 6) is -0.810. The van der Waals surface area contributed by atoms with Crippen LogP contribution in [-0.4, -0.2) is 23.7 Å². The first-order chi connectivity index (χ1) is 12.2. The van der Waals surface area contributed by atoms with E-state index in [1.54, 1.807) is 0 Å². The Labute approximate surface area is 161 Å². The SMILES string of the molecule is CCC(C)(C)c1ccc(OCC(=O)Oc2ccc(C(=O)O)cc2Br)cc1. The zero-order valence-corrected chi connectivity index (χ0v) is 16.5. The third-order valence-electron chi connectivity index (χ3n) is 4.28. The number of carbonyl (C=O) groups is 2. The molecule has 0 atom stereocenters. The van der Waals surface area contributed by atoms with E-state index >= 15 is 0 Å². The Morgan fingerprint density at radius 3 is 2.31 bits per heavy atom. The lowest BCUT2D eigenvalue weighted by atomic mass is 9.82. The Morgan fingerprint density at radius 1 is 1.12 bits per heavy atom. The topological polar surface area (TPSA) is 72.8 Å². The van der Waals surface area contributed by atoms with E-state index in [9.17, 15) is 9.59 Å².